The van der Waals surface area contributed by atoms with Gasteiger partial charge >= 0.3 is 0 Å². The normalized spacial score (nSPS) is 22.3. The summed E-state index contributed by atoms with van der Waals surface area (Å²) in [6.07, 6.45) is 8.76. The predicted molar refractivity (Wildman–Crippen MR) is 181 cm³/mol. The molecule has 3 aliphatic rings. The third-order valence-corrected chi connectivity index (χ3v) is 15.2. The van der Waals surface area contributed by atoms with Crippen LogP contribution in [0, 0.1) is 5.41 Å². The first-order valence-electron chi connectivity index (χ1n) is 16.8. The van der Waals surface area contributed by atoms with Crippen LogP contribution in [-0.2, 0) is 21.0 Å². The molecule has 1 unspecified atom stereocenters. The van der Waals surface area contributed by atoms with Crippen molar-refractivity contribution in [3.8, 4) is 0 Å². The van der Waals surface area contributed by atoms with Crippen molar-refractivity contribution in [2.45, 2.75) is 142 Å². The maximum Gasteiger partial charge on any atom is 0.192 e. The second kappa shape index (κ2) is 11.9. The van der Waals surface area contributed by atoms with Crippen LogP contribution >= 0.6 is 0 Å². The Morgan fingerprint density at radius 1 is 1.02 bits per heavy atom. The lowest BCUT2D eigenvalue weighted by Gasteiger charge is -2.45. The molecule has 236 valence electrons. The topological polar surface area (TPSA) is 51.6 Å². The Labute approximate surface area is 262 Å². The molecule has 4 nitrogen and oxygen atoms in total. The molecule has 0 bridgehead atoms. The summed E-state index contributed by atoms with van der Waals surface area (Å²) in [5, 5.41) is 12.6. The van der Waals surface area contributed by atoms with E-state index in [9.17, 15) is 5.11 Å². The summed E-state index contributed by atoms with van der Waals surface area (Å²) in [5.41, 5.74) is 9.62. The van der Waals surface area contributed by atoms with Gasteiger partial charge in [-0.2, -0.15) is 0 Å². The fourth-order valence-electron chi connectivity index (χ4n) is 7.06. The molecule has 1 aromatic heterocycles. The van der Waals surface area contributed by atoms with Crippen LogP contribution in [0.4, 0.5) is 0 Å². The minimum atomic E-state index is -2.09. The molecule has 0 spiro atoms. The summed E-state index contributed by atoms with van der Waals surface area (Å²) in [6, 6.07) is 8.66. The minimum absolute atomic E-state index is 0.0263. The van der Waals surface area contributed by atoms with Gasteiger partial charge in [-0.05, 0) is 96.2 Å². The first-order chi connectivity index (χ1) is 20.0. The van der Waals surface area contributed by atoms with Gasteiger partial charge in [0.1, 0.15) is 6.10 Å². The van der Waals surface area contributed by atoms with E-state index < -0.39 is 14.4 Å². The van der Waals surface area contributed by atoms with E-state index in [0.29, 0.717) is 0 Å². The van der Waals surface area contributed by atoms with Gasteiger partial charge < -0.3 is 14.3 Å². The number of aromatic nitrogens is 1. The fraction of sp³-hybridized carbons (Fsp3) is 0.658. The molecule has 43 heavy (non-hydrogen) atoms. The zero-order chi connectivity index (χ0) is 31.4. The Morgan fingerprint density at radius 2 is 1.67 bits per heavy atom. The van der Waals surface area contributed by atoms with Crippen molar-refractivity contribution in [2.24, 2.45) is 5.41 Å². The van der Waals surface area contributed by atoms with Crippen LogP contribution in [-0.4, -0.2) is 31.6 Å². The highest BCUT2D eigenvalue weighted by molar-refractivity contribution is 6.74. The molecule has 0 amide bonds. The first-order valence-corrected chi connectivity index (χ1v) is 19.7. The zero-order valence-corrected chi connectivity index (χ0v) is 29.7. The van der Waals surface area contributed by atoms with Gasteiger partial charge in [0.2, 0.25) is 0 Å². The molecule has 1 aromatic carbocycles. The Bertz CT molecular complexity index is 1340. The maximum atomic E-state index is 12.5. The number of fused-ring (bicyclic) bond motifs is 1. The lowest BCUT2D eigenvalue weighted by Crippen LogP contribution is -2.44. The summed E-state index contributed by atoms with van der Waals surface area (Å²) in [7, 11) is -2.09. The predicted octanol–water partition coefficient (Wildman–Crippen LogP) is 9.96. The van der Waals surface area contributed by atoms with E-state index in [1.165, 1.54) is 28.0 Å². The summed E-state index contributed by atoms with van der Waals surface area (Å²) >= 11 is 0. The summed E-state index contributed by atoms with van der Waals surface area (Å²) < 4.78 is 13.2. The third kappa shape index (κ3) is 6.76. The van der Waals surface area contributed by atoms with Crippen LogP contribution in [0.3, 0.4) is 0 Å². The third-order valence-electron chi connectivity index (χ3n) is 10.7. The van der Waals surface area contributed by atoms with Crippen molar-refractivity contribution < 1.29 is 14.3 Å². The molecule has 5 rings (SSSR count). The average Bonchev–Trinajstić information content (AvgIpc) is 3.45. The van der Waals surface area contributed by atoms with Gasteiger partial charge in [-0.1, -0.05) is 85.7 Å². The van der Waals surface area contributed by atoms with Gasteiger partial charge in [0.15, 0.2) is 8.32 Å². The molecule has 1 N–H and O–H groups in total. The number of aliphatic hydroxyl groups excluding tert-OH is 1. The largest absolute Gasteiger partial charge is 0.410 e. The van der Waals surface area contributed by atoms with Crippen LogP contribution in [0.15, 0.2) is 30.3 Å². The van der Waals surface area contributed by atoms with Gasteiger partial charge in [0, 0.05) is 36.0 Å². The SMILES string of the molecule is CC1(C)Cc2nc(C3CCOCC3)c(C(O)c3ccc(C(C)(C)C)cc3)c(C3=CCCC3)c2[C@@H](O[Si](C)(C)C(C)(C)C)C1. The summed E-state index contributed by atoms with van der Waals surface area (Å²) in [6.45, 7) is 24.7. The Hall–Kier alpha value is -1.79. The number of hydrogen-bond acceptors (Lipinski definition) is 4. The molecular weight excluding hydrogens is 547 g/mol. The molecule has 1 fully saturated rings. The molecule has 2 atom stereocenters. The number of hydrogen-bond donors (Lipinski definition) is 1. The highest BCUT2D eigenvalue weighted by atomic mass is 28.4. The Morgan fingerprint density at radius 3 is 2.23 bits per heavy atom. The van der Waals surface area contributed by atoms with Crippen molar-refractivity contribution >= 4 is 13.9 Å². The Balaban J connectivity index is 1.76. The quantitative estimate of drug-likeness (QED) is 0.334. The zero-order valence-electron chi connectivity index (χ0n) is 28.7. The number of rotatable bonds is 6. The second-order valence-electron chi connectivity index (χ2n) is 16.8. The lowest BCUT2D eigenvalue weighted by atomic mass is 9.71. The van der Waals surface area contributed by atoms with E-state index in [2.05, 4.69) is 98.8 Å². The van der Waals surface area contributed by atoms with Crippen molar-refractivity contribution in [1.29, 1.82) is 0 Å². The standard InChI is InChI=1S/C38H57NO3Si/c1-36(2,3)28-17-15-27(16-18-28)35(40)33-31(25-13-11-12-14-25)32-29(39-34(33)26-19-21-41-22-20-26)23-38(7,8)24-30(32)42-43(9,10)37(4,5)6/h13,15-18,26,30,35,40H,11-12,14,19-24H2,1-10H3/t30-,35?/m0/s1. The van der Waals surface area contributed by atoms with E-state index in [0.717, 1.165) is 75.0 Å². The van der Waals surface area contributed by atoms with Gasteiger partial charge in [0.05, 0.1) is 11.8 Å². The monoisotopic (exact) mass is 603 g/mol. The molecule has 2 aliphatic carbocycles. The van der Waals surface area contributed by atoms with Crippen LogP contribution in [0.5, 0.6) is 0 Å². The Kier molecular flexibility index (Phi) is 8.99. The van der Waals surface area contributed by atoms with E-state index >= 15 is 0 Å². The number of benzene rings is 1. The number of ether oxygens (including phenoxy) is 1. The van der Waals surface area contributed by atoms with E-state index in [1.54, 1.807) is 0 Å². The van der Waals surface area contributed by atoms with Gasteiger partial charge in [0.25, 0.3) is 0 Å². The fourth-order valence-corrected chi connectivity index (χ4v) is 8.33. The van der Waals surface area contributed by atoms with Crippen LogP contribution < -0.4 is 0 Å². The molecule has 0 saturated carbocycles. The summed E-state index contributed by atoms with van der Waals surface area (Å²) in [5.74, 6) is 0.281. The van der Waals surface area contributed by atoms with Gasteiger partial charge in [-0.3, -0.25) is 4.98 Å². The molecule has 2 heterocycles. The smallest absolute Gasteiger partial charge is 0.192 e. The minimum Gasteiger partial charge on any atom is -0.410 e. The second-order valence-corrected chi connectivity index (χ2v) is 21.6. The van der Waals surface area contributed by atoms with Crippen LogP contribution in [0.25, 0.3) is 5.57 Å². The molecule has 1 saturated heterocycles. The average molecular weight is 604 g/mol. The molecular formula is C38H57NO3Si. The van der Waals surface area contributed by atoms with E-state index in [1.807, 2.05) is 0 Å². The first kappa shape index (κ1) is 32.6. The highest BCUT2D eigenvalue weighted by Crippen LogP contribution is 2.52. The molecule has 1 aliphatic heterocycles. The van der Waals surface area contributed by atoms with E-state index in [4.69, 9.17) is 14.1 Å². The molecule has 2 aromatic rings. The number of pyridine rings is 1. The molecule has 0 radical (unpaired) electrons. The van der Waals surface area contributed by atoms with Crippen molar-refractivity contribution in [3.63, 3.8) is 0 Å². The molecule has 5 heteroatoms. The maximum absolute atomic E-state index is 12.5. The number of allylic oxidation sites excluding steroid dienone is 2. The van der Waals surface area contributed by atoms with Crippen LogP contribution in [0.1, 0.15) is 151 Å². The number of aliphatic hydroxyl groups is 1. The van der Waals surface area contributed by atoms with Crippen molar-refractivity contribution in [1.82, 2.24) is 4.98 Å². The van der Waals surface area contributed by atoms with Crippen LogP contribution in [0.2, 0.25) is 18.1 Å². The highest BCUT2D eigenvalue weighted by Gasteiger charge is 2.45. The number of nitrogens with zero attached hydrogens (tertiary/aromatic N) is 1. The summed E-state index contributed by atoms with van der Waals surface area (Å²) in [4.78, 5) is 5.60. The van der Waals surface area contributed by atoms with Crippen molar-refractivity contribution in [3.05, 3.63) is 69.5 Å². The van der Waals surface area contributed by atoms with E-state index in [-0.39, 0.29) is 27.9 Å². The van der Waals surface area contributed by atoms with Crippen molar-refractivity contribution in [2.75, 3.05) is 13.2 Å². The van der Waals surface area contributed by atoms with Gasteiger partial charge in [-0.15, -0.1) is 0 Å². The van der Waals surface area contributed by atoms with Gasteiger partial charge in [-0.25, -0.2) is 0 Å². The lowest BCUT2D eigenvalue weighted by molar-refractivity contribution is 0.0828.